The van der Waals surface area contributed by atoms with E-state index < -0.39 is 0 Å². The molecule has 1 saturated heterocycles. The minimum Gasteiger partial charge on any atom is -0.374 e. The Hall–Kier alpha value is -0.670. The van der Waals surface area contributed by atoms with E-state index >= 15 is 0 Å². The van der Waals surface area contributed by atoms with Gasteiger partial charge in [0.15, 0.2) is 5.78 Å². The second-order valence-electron chi connectivity index (χ2n) is 5.12. The Morgan fingerprint density at radius 1 is 1.24 bits per heavy atom. The average Bonchev–Trinajstić information content (AvgIpc) is 2.68. The van der Waals surface area contributed by atoms with Crippen LogP contribution in [0.3, 0.4) is 0 Å². The summed E-state index contributed by atoms with van der Waals surface area (Å²) in [7, 11) is 0. The Balaban J connectivity index is 2.29. The maximum atomic E-state index is 12.6. The number of thiophene rings is 1. The molecule has 2 heterocycles. The second kappa shape index (κ2) is 4.54. The standard InChI is InChI=1S/C14H20O2S/c1-7-6-12(11(5)17-7)14(15)13-8(2)9(3)16-10(13)4/h6,8-10,13H,1-5H3. The molecule has 17 heavy (non-hydrogen) atoms. The van der Waals surface area contributed by atoms with Crippen LogP contribution < -0.4 is 0 Å². The van der Waals surface area contributed by atoms with Gasteiger partial charge in [-0.1, -0.05) is 6.92 Å². The molecular weight excluding hydrogens is 232 g/mol. The van der Waals surface area contributed by atoms with Gasteiger partial charge in [-0.15, -0.1) is 11.3 Å². The van der Waals surface area contributed by atoms with E-state index in [-0.39, 0.29) is 23.9 Å². The highest BCUT2D eigenvalue weighted by atomic mass is 32.1. The summed E-state index contributed by atoms with van der Waals surface area (Å²) in [6.07, 6.45) is 0.214. The zero-order valence-corrected chi connectivity index (χ0v) is 11.9. The molecule has 94 valence electrons. The van der Waals surface area contributed by atoms with E-state index in [0.29, 0.717) is 5.92 Å². The predicted octanol–water partition coefficient (Wildman–Crippen LogP) is 3.61. The van der Waals surface area contributed by atoms with Crippen molar-refractivity contribution in [1.29, 1.82) is 0 Å². The fourth-order valence-electron chi connectivity index (χ4n) is 2.77. The summed E-state index contributed by atoms with van der Waals surface area (Å²) in [4.78, 5) is 14.9. The minimum absolute atomic E-state index is 0.0118. The van der Waals surface area contributed by atoms with Gasteiger partial charge in [0, 0.05) is 15.3 Å². The van der Waals surface area contributed by atoms with Gasteiger partial charge < -0.3 is 4.74 Å². The molecule has 2 rings (SSSR count). The van der Waals surface area contributed by atoms with E-state index in [9.17, 15) is 4.79 Å². The van der Waals surface area contributed by atoms with Crippen LogP contribution in [0.2, 0.25) is 0 Å². The van der Waals surface area contributed by atoms with Crippen LogP contribution in [-0.2, 0) is 4.74 Å². The first-order valence-electron chi connectivity index (χ1n) is 6.18. The fourth-order valence-corrected chi connectivity index (χ4v) is 3.70. The third kappa shape index (κ3) is 2.18. The van der Waals surface area contributed by atoms with Crippen molar-refractivity contribution in [2.24, 2.45) is 11.8 Å². The SMILES string of the molecule is Cc1cc(C(=O)C2C(C)OC(C)C2C)c(C)s1. The second-order valence-corrected chi connectivity index (χ2v) is 6.58. The molecule has 0 N–H and O–H groups in total. The maximum Gasteiger partial charge on any atom is 0.170 e. The molecule has 4 unspecified atom stereocenters. The number of rotatable bonds is 2. The van der Waals surface area contributed by atoms with E-state index in [0.717, 1.165) is 10.4 Å². The Morgan fingerprint density at radius 2 is 1.88 bits per heavy atom. The molecule has 0 radical (unpaired) electrons. The molecule has 1 aliphatic heterocycles. The Morgan fingerprint density at radius 3 is 2.29 bits per heavy atom. The molecule has 0 saturated carbocycles. The third-order valence-electron chi connectivity index (χ3n) is 3.85. The first-order chi connectivity index (χ1) is 7.91. The van der Waals surface area contributed by atoms with E-state index in [1.54, 1.807) is 11.3 Å². The van der Waals surface area contributed by atoms with Crippen molar-refractivity contribution in [3.8, 4) is 0 Å². The number of Topliss-reactive ketones (excluding diaryl/α,β-unsaturated/α-hetero) is 1. The lowest BCUT2D eigenvalue weighted by molar-refractivity contribution is 0.0491. The normalized spacial score (nSPS) is 33.0. The molecule has 0 bridgehead atoms. The van der Waals surface area contributed by atoms with Crippen molar-refractivity contribution in [2.75, 3.05) is 0 Å². The third-order valence-corrected chi connectivity index (χ3v) is 4.82. The smallest absolute Gasteiger partial charge is 0.170 e. The summed E-state index contributed by atoms with van der Waals surface area (Å²) < 4.78 is 5.76. The summed E-state index contributed by atoms with van der Waals surface area (Å²) in [6, 6.07) is 2.02. The number of ketones is 1. The van der Waals surface area contributed by atoms with E-state index in [4.69, 9.17) is 4.74 Å². The summed E-state index contributed by atoms with van der Waals surface area (Å²) in [5.74, 6) is 0.575. The van der Waals surface area contributed by atoms with Crippen LogP contribution in [0.25, 0.3) is 0 Å². The molecule has 2 nitrogen and oxygen atoms in total. The van der Waals surface area contributed by atoms with Gasteiger partial charge >= 0.3 is 0 Å². The number of ether oxygens (including phenoxy) is 1. The molecular formula is C14H20O2S. The predicted molar refractivity (Wildman–Crippen MR) is 70.8 cm³/mol. The first-order valence-corrected chi connectivity index (χ1v) is 7.00. The summed E-state index contributed by atoms with van der Waals surface area (Å²) in [5.41, 5.74) is 0.897. The van der Waals surface area contributed by atoms with Gasteiger partial charge in [0.2, 0.25) is 0 Å². The quantitative estimate of drug-likeness (QED) is 0.752. The van der Waals surface area contributed by atoms with Gasteiger partial charge in [-0.25, -0.2) is 0 Å². The molecule has 0 aromatic carbocycles. The molecule has 1 aromatic heterocycles. The zero-order chi connectivity index (χ0) is 12.7. The molecule has 1 aromatic rings. The lowest BCUT2D eigenvalue weighted by Gasteiger charge is -2.16. The molecule has 3 heteroatoms. The van der Waals surface area contributed by atoms with Crippen molar-refractivity contribution >= 4 is 17.1 Å². The number of hydrogen-bond donors (Lipinski definition) is 0. The average molecular weight is 252 g/mol. The van der Waals surface area contributed by atoms with Gasteiger partial charge in [0.05, 0.1) is 18.1 Å². The number of aryl methyl sites for hydroxylation is 2. The first kappa shape index (κ1) is 12.8. The Labute approximate surface area is 107 Å². The minimum atomic E-state index is 0.0118. The molecule has 0 amide bonds. The molecule has 1 fully saturated rings. The van der Waals surface area contributed by atoms with Gasteiger partial charge in [-0.3, -0.25) is 4.79 Å². The highest BCUT2D eigenvalue weighted by Crippen LogP contribution is 2.36. The summed E-state index contributed by atoms with van der Waals surface area (Å²) in [6.45, 7) is 10.3. The van der Waals surface area contributed by atoms with E-state index in [1.807, 2.05) is 19.9 Å². The van der Waals surface area contributed by atoms with Crippen molar-refractivity contribution in [3.05, 3.63) is 21.4 Å². The van der Waals surface area contributed by atoms with Crippen molar-refractivity contribution in [1.82, 2.24) is 0 Å². The van der Waals surface area contributed by atoms with Crippen molar-refractivity contribution in [2.45, 2.75) is 46.8 Å². The molecule has 4 atom stereocenters. The summed E-state index contributed by atoms with van der Waals surface area (Å²) >= 11 is 1.70. The zero-order valence-electron chi connectivity index (χ0n) is 11.1. The molecule has 0 aliphatic carbocycles. The van der Waals surface area contributed by atoms with Crippen molar-refractivity contribution in [3.63, 3.8) is 0 Å². The van der Waals surface area contributed by atoms with Crippen LogP contribution in [-0.4, -0.2) is 18.0 Å². The summed E-state index contributed by atoms with van der Waals surface area (Å²) in [5, 5.41) is 0. The van der Waals surface area contributed by atoms with Crippen LogP contribution in [0.5, 0.6) is 0 Å². The van der Waals surface area contributed by atoms with Crippen LogP contribution >= 0.6 is 11.3 Å². The van der Waals surface area contributed by atoms with Crippen molar-refractivity contribution < 1.29 is 9.53 Å². The van der Waals surface area contributed by atoms with Gasteiger partial charge in [-0.2, -0.15) is 0 Å². The monoisotopic (exact) mass is 252 g/mol. The Bertz CT molecular complexity index is 435. The molecule has 1 aliphatic rings. The number of carbonyl (C=O) groups is 1. The lowest BCUT2D eigenvalue weighted by atomic mass is 9.83. The lowest BCUT2D eigenvalue weighted by Crippen LogP contribution is -2.27. The van der Waals surface area contributed by atoms with E-state index in [2.05, 4.69) is 20.8 Å². The number of hydrogen-bond acceptors (Lipinski definition) is 3. The van der Waals surface area contributed by atoms with Gasteiger partial charge in [0.1, 0.15) is 0 Å². The Kier molecular flexibility index (Phi) is 3.41. The maximum absolute atomic E-state index is 12.6. The molecule has 0 spiro atoms. The topological polar surface area (TPSA) is 26.3 Å². The largest absolute Gasteiger partial charge is 0.374 e. The highest BCUT2D eigenvalue weighted by molar-refractivity contribution is 7.12. The highest BCUT2D eigenvalue weighted by Gasteiger charge is 2.42. The van der Waals surface area contributed by atoms with Crippen LogP contribution in [0.4, 0.5) is 0 Å². The van der Waals surface area contributed by atoms with Gasteiger partial charge in [-0.05, 0) is 39.7 Å². The van der Waals surface area contributed by atoms with Crippen LogP contribution in [0.1, 0.15) is 40.9 Å². The van der Waals surface area contributed by atoms with Crippen LogP contribution in [0.15, 0.2) is 6.07 Å². The van der Waals surface area contributed by atoms with Crippen LogP contribution in [0, 0.1) is 25.7 Å². The van der Waals surface area contributed by atoms with Gasteiger partial charge in [0.25, 0.3) is 0 Å². The fraction of sp³-hybridized carbons (Fsp3) is 0.643. The number of carbonyl (C=O) groups excluding carboxylic acids is 1. The van der Waals surface area contributed by atoms with E-state index in [1.165, 1.54) is 4.88 Å².